The van der Waals surface area contributed by atoms with Crippen molar-refractivity contribution in [3.8, 4) is 79.5 Å². The molecule has 2 aromatic heterocycles. The fourth-order valence-corrected chi connectivity index (χ4v) is 7.34. The summed E-state index contributed by atoms with van der Waals surface area (Å²) in [6, 6.07) is 65.9. The average Bonchev–Trinajstić information content (AvgIpc) is 3.29. The molecule has 0 atom stereocenters. The molecular weight excluding hydrogens is 685 g/mol. The van der Waals surface area contributed by atoms with Gasteiger partial charge >= 0.3 is 0 Å². The summed E-state index contributed by atoms with van der Waals surface area (Å²) in [6.45, 7) is 0. The van der Waals surface area contributed by atoms with E-state index in [4.69, 9.17) is 29.9 Å². The summed E-state index contributed by atoms with van der Waals surface area (Å²) in [6.07, 6.45) is 0. The molecule has 0 aliphatic carbocycles. The first-order valence-electron chi connectivity index (χ1n) is 18.6. The lowest BCUT2D eigenvalue weighted by atomic mass is 9.94. The highest BCUT2D eigenvalue weighted by molar-refractivity contribution is 6.06. The third-order valence-electron chi connectivity index (χ3n) is 10.0. The van der Waals surface area contributed by atoms with E-state index in [0.29, 0.717) is 34.9 Å². The van der Waals surface area contributed by atoms with E-state index < -0.39 is 0 Å². The molecule has 8 aromatic carbocycles. The smallest absolute Gasteiger partial charge is 0.164 e. The van der Waals surface area contributed by atoms with Gasteiger partial charge in [-0.3, -0.25) is 0 Å². The molecule has 0 unspecified atom stereocenters. The summed E-state index contributed by atoms with van der Waals surface area (Å²) in [7, 11) is 0. The van der Waals surface area contributed by atoms with Gasteiger partial charge in [0.05, 0.1) is 0 Å². The van der Waals surface area contributed by atoms with Gasteiger partial charge in [-0.25, -0.2) is 29.9 Å². The Kier molecular flexibility index (Phi) is 8.39. The van der Waals surface area contributed by atoms with E-state index >= 15 is 0 Å². The van der Waals surface area contributed by atoms with Crippen LogP contribution in [0.15, 0.2) is 194 Å². The van der Waals surface area contributed by atoms with Crippen LogP contribution in [0.25, 0.3) is 101 Å². The minimum atomic E-state index is 0.580. The lowest BCUT2D eigenvalue weighted by molar-refractivity contribution is 1.07. The SMILES string of the molecule is c1ccc(-c2nc(-c3ccccc3)nc(-c3ccc(-c4nc(-c5ccccc5)nc(-c5cccc6cccc(-c7ccccc7)c56)n4)c4ccccc34)n2)cc1. The maximum atomic E-state index is 5.28. The molecule has 0 aliphatic heterocycles. The van der Waals surface area contributed by atoms with Gasteiger partial charge < -0.3 is 0 Å². The molecule has 0 amide bonds. The van der Waals surface area contributed by atoms with Gasteiger partial charge in [0, 0.05) is 38.8 Å². The topological polar surface area (TPSA) is 77.3 Å². The highest BCUT2D eigenvalue weighted by Gasteiger charge is 2.20. The predicted octanol–water partition coefficient (Wildman–Crippen LogP) is 12.0. The van der Waals surface area contributed by atoms with Gasteiger partial charge in [-0.05, 0) is 39.4 Å². The lowest BCUT2D eigenvalue weighted by Gasteiger charge is -2.15. The monoisotopic (exact) mass is 716 g/mol. The van der Waals surface area contributed by atoms with Crippen molar-refractivity contribution < 1.29 is 0 Å². The van der Waals surface area contributed by atoms with E-state index in [-0.39, 0.29) is 0 Å². The zero-order valence-electron chi connectivity index (χ0n) is 30.2. The predicted molar refractivity (Wildman–Crippen MR) is 226 cm³/mol. The highest BCUT2D eigenvalue weighted by Crippen LogP contribution is 2.39. The second-order valence-electron chi connectivity index (χ2n) is 13.5. The first-order valence-corrected chi connectivity index (χ1v) is 18.6. The third kappa shape index (κ3) is 6.15. The van der Waals surface area contributed by atoms with Gasteiger partial charge in [0.15, 0.2) is 34.9 Å². The fraction of sp³-hybridized carbons (Fsp3) is 0. The van der Waals surface area contributed by atoms with Gasteiger partial charge in [0.25, 0.3) is 0 Å². The van der Waals surface area contributed by atoms with Crippen LogP contribution < -0.4 is 0 Å². The zero-order valence-corrected chi connectivity index (χ0v) is 30.2. The van der Waals surface area contributed by atoms with Crippen molar-refractivity contribution in [2.45, 2.75) is 0 Å². The standard InChI is InChI=1S/C50H32N6/c1-5-17-33(18-6-1)38-29-15-25-34-26-16-30-43(44(34)38)50-55-47(37-23-11-4-12-24-37)54-49(56-50)42-32-31-41(39-27-13-14-28-40(39)42)48-52-45(35-19-7-2-8-20-35)51-46(53-48)36-21-9-3-10-22-36/h1-32H. The van der Waals surface area contributed by atoms with Gasteiger partial charge in [-0.15, -0.1) is 0 Å². The van der Waals surface area contributed by atoms with Crippen molar-refractivity contribution in [2.24, 2.45) is 0 Å². The molecule has 0 saturated carbocycles. The Morgan fingerprint density at radius 1 is 0.214 bits per heavy atom. The second kappa shape index (κ2) is 14.3. The van der Waals surface area contributed by atoms with E-state index in [9.17, 15) is 0 Å². The van der Waals surface area contributed by atoms with Crippen molar-refractivity contribution in [1.82, 2.24) is 29.9 Å². The van der Waals surface area contributed by atoms with E-state index in [1.54, 1.807) is 0 Å². The maximum absolute atomic E-state index is 5.28. The maximum Gasteiger partial charge on any atom is 0.164 e. The quantitative estimate of drug-likeness (QED) is 0.163. The number of hydrogen-bond acceptors (Lipinski definition) is 6. The summed E-state index contributed by atoms with van der Waals surface area (Å²) >= 11 is 0. The van der Waals surface area contributed by atoms with Gasteiger partial charge in [0.2, 0.25) is 0 Å². The number of fused-ring (bicyclic) bond motifs is 2. The van der Waals surface area contributed by atoms with E-state index in [0.717, 1.165) is 66.1 Å². The molecule has 2 heterocycles. The molecule has 0 aliphatic rings. The second-order valence-corrected chi connectivity index (χ2v) is 13.5. The normalized spacial score (nSPS) is 11.2. The first kappa shape index (κ1) is 32.9. The number of hydrogen-bond donors (Lipinski definition) is 0. The fourth-order valence-electron chi connectivity index (χ4n) is 7.34. The first-order chi connectivity index (χ1) is 27.8. The Morgan fingerprint density at radius 3 is 1.00 bits per heavy atom. The summed E-state index contributed by atoms with van der Waals surface area (Å²) < 4.78 is 0. The molecule has 0 saturated heterocycles. The molecule has 10 rings (SSSR count). The van der Waals surface area contributed by atoms with E-state index in [2.05, 4.69) is 84.9 Å². The molecule has 0 spiro atoms. The van der Waals surface area contributed by atoms with Crippen LogP contribution in [0.3, 0.4) is 0 Å². The van der Waals surface area contributed by atoms with Crippen LogP contribution in [0, 0.1) is 0 Å². The number of nitrogens with zero attached hydrogens (tertiary/aromatic N) is 6. The van der Waals surface area contributed by atoms with Crippen LogP contribution in [-0.4, -0.2) is 29.9 Å². The highest BCUT2D eigenvalue weighted by atomic mass is 15.0. The number of aromatic nitrogens is 6. The Balaban J connectivity index is 1.19. The number of rotatable bonds is 7. The molecule has 262 valence electrons. The number of benzene rings is 8. The Morgan fingerprint density at radius 2 is 0.554 bits per heavy atom. The van der Waals surface area contributed by atoms with Crippen molar-refractivity contribution >= 4 is 21.5 Å². The average molecular weight is 717 g/mol. The van der Waals surface area contributed by atoms with Crippen LogP contribution in [-0.2, 0) is 0 Å². The van der Waals surface area contributed by atoms with E-state index in [1.807, 2.05) is 109 Å². The molecular formula is C50H32N6. The van der Waals surface area contributed by atoms with Crippen LogP contribution in [0.4, 0.5) is 0 Å². The summed E-state index contributed by atoms with van der Waals surface area (Å²) in [5.74, 6) is 3.60. The molecule has 0 radical (unpaired) electrons. The van der Waals surface area contributed by atoms with Crippen molar-refractivity contribution in [2.75, 3.05) is 0 Å². The molecule has 56 heavy (non-hydrogen) atoms. The van der Waals surface area contributed by atoms with Crippen LogP contribution >= 0.6 is 0 Å². The van der Waals surface area contributed by atoms with Gasteiger partial charge in [0.1, 0.15) is 0 Å². The Labute approximate surface area is 324 Å². The molecule has 6 nitrogen and oxygen atoms in total. The third-order valence-corrected chi connectivity index (χ3v) is 10.0. The zero-order chi connectivity index (χ0) is 37.3. The Bertz CT molecular complexity index is 2940. The van der Waals surface area contributed by atoms with Crippen LogP contribution in [0.2, 0.25) is 0 Å². The molecule has 6 heteroatoms. The van der Waals surface area contributed by atoms with Crippen molar-refractivity contribution in [3.05, 3.63) is 194 Å². The molecule has 0 fully saturated rings. The molecule has 0 N–H and O–H groups in total. The lowest BCUT2D eigenvalue weighted by Crippen LogP contribution is -2.02. The van der Waals surface area contributed by atoms with Gasteiger partial charge in [-0.2, -0.15) is 0 Å². The van der Waals surface area contributed by atoms with Crippen molar-refractivity contribution in [3.63, 3.8) is 0 Å². The molecule has 0 bridgehead atoms. The van der Waals surface area contributed by atoms with Crippen molar-refractivity contribution in [1.29, 1.82) is 0 Å². The Hall–Kier alpha value is -7.70. The van der Waals surface area contributed by atoms with E-state index in [1.165, 1.54) is 0 Å². The minimum absolute atomic E-state index is 0.580. The largest absolute Gasteiger partial charge is 0.208 e. The summed E-state index contributed by atoms with van der Waals surface area (Å²) in [5, 5.41) is 4.17. The minimum Gasteiger partial charge on any atom is -0.208 e. The van der Waals surface area contributed by atoms with Gasteiger partial charge in [-0.1, -0.05) is 182 Å². The summed E-state index contributed by atoms with van der Waals surface area (Å²) in [4.78, 5) is 30.6. The summed E-state index contributed by atoms with van der Waals surface area (Å²) in [5.41, 5.74) is 7.72. The molecule has 10 aromatic rings. The van der Waals surface area contributed by atoms with Crippen LogP contribution in [0.5, 0.6) is 0 Å². The van der Waals surface area contributed by atoms with Crippen LogP contribution in [0.1, 0.15) is 0 Å².